The fraction of sp³-hybridized carbons (Fsp3) is 0.811. The molecule has 18 atom stereocenters. The summed E-state index contributed by atoms with van der Waals surface area (Å²) in [7, 11) is 5.33. The van der Waals surface area contributed by atoms with Gasteiger partial charge in [-0.2, -0.15) is 13.2 Å². The highest BCUT2D eigenvalue weighted by Gasteiger charge is 2.53. The summed E-state index contributed by atoms with van der Waals surface area (Å²) in [6, 6.07) is 4.53. The zero-order valence-electron chi connectivity index (χ0n) is 45.4. The number of halogens is 3. The summed E-state index contributed by atoms with van der Waals surface area (Å²) in [6.45, 7) is 22.9. The van der Waals surface area contributed by atoms with Crippen LogP contribution in [-0.2, 0) is 52.2 Å². The molecule has 0 amide bonds. The maximum atomic E-state index is 14.3. The van der Waals surface area contributed by atoms with Crippen molar-refractivity contribution < 1.29 is 71.9 Å². The van der Waals surface area contributed by atoms with Crippen LogP contribution in [-0.4, -0.2) is 171 Å². The lowest BCUT2D eigenvalue weighted by atomic mass is 9.77. The molecule has 2 aromatic rings. The number of methoxy groups -OCH3 is 1. The van der Waals surface area contributed by atoms with Gasteiger partial charge in [0.25, 0.3) is 0 Å². The van der Waals surface area contributed by atoms with E-state index in [-0.39, 0.29) is 37.3 Å². The molecule has 414 valence electrons. The number of benzene rings is 1. The molecule has 3 aliphatic rings. The summed E-state index contributed by atoms with van der Waals surface area (Å²) in [5, 5.41) is 61.5. The van der Waals surface area contributed by atoms with Crippen molar-refractivity contribution in [1.82, 2.24) is 14.8 Å². The summed E-state index contributed by atoms with van der Waals surface area (Å²) in [6.07, 6.45) is -10.0. The topological polar surface area (TPSA) is 193 Å². The number of aryl methyl sites for hydroxylation is 3. The number of cyclic esters (lactones) is 1. The first kappa shape index (κ1) is 62.2. The van der Waals surface area contributed by atoms with Gasteiger partial charge >= 0.3 is 12.1 Å². The maximum Gasteiger partial charge on any atom is 0.416 e. The minimum absolute atomic E-state index is 0.134. The van der Waals surface area contributed by atoms with E-state index in [9.17, 15) is 43.5 Å². The Labute approximate surface area is 430 Å². The number of carbonyl (C=O) groups excluding carboxylic acids is 1. The number of hydrogen-bond acceptors (Lipinski definition) is 16. The van der Waals surface area contributed by atoms with E-state index >= 15 is 0 Å². The van der Waals surface area contributed by atoms with Crippen LogP contribution in [0.4, 0.5) is 13.2 Å². The second-order valence-corrected chi connectivity index (χ2v) is 22.7. The van der Waals surface area contributed by atoms with Crippen molar-refractivity contribution in [2.75, 3.05) is 34.3 Å². The average Bonchev–Trinajstić information content (AvgIpc) is 3.73. The van der Waals surface area contributed by atoms with E-state index in [2.05, 4.69) is 16.8 Å². The Balaban J connectivity index is 0.000000519. The molecule has 0 radical (unpaired) electrons. The van der Waals surface area contributed by atoms with E-state index in [1.165, 1.54) is 26.2 Å². The lowest BCUT2D eigenvalue weighted by molar-refractivity contribution is -0.318. The fourth-order valence-electron chi connectivity index (χ4n) is 10.8. The molecule has 0 bridgehead atoms. The van der Waals surface area contributed by atoms with Gasteiger partial charge in [-0.15, -0.1) is 11.3 Å². The maximum absolute atomic E-state index is 14.3. The van der Waals surface area contributed by atoms with Crippen molar-refractivity contribution in [2.24, 2.45) is 17.8 Å². The third-order valence-electron chi connectivity index (χ3n) is 15.3. The van der Waals surface area contributed by atoms with Crippen molar-refractivity contribution in [3.05, 3.63) is 51.5 Å². The van der Waals surface area contributed by atoms with Crippen molar-refractivity contribution in [3.63, 3.8) is 0 Å². The molecule has 0 unspecified atom stereocenters. The highest BCUT2D eigenvalue weighted by atomic mass is 32.1. The second kappa shape index (κ2) is 26.1. The molecule has 19 heteroatoms. The number of ether oxygens (including phenoxy) is 6. The van der Waals surface area contributed by atoms with Crippen molar-refractivity contribution >= 4 is 17.3 Å². The van der Waals surface area contributed by atoms with Crippen LogP contribution in [0.3, 0.4) is 0 Å². The zero-order valence-corrected chi connectivity index (χ0v) is 46.2. The number of nitrogens with zero attached hydrogens (tertiary/aromatic N) is 3. The van der Waals surface area contributed by atoms with Gasteiger partial charge < -0.3 is 63.8 Å². The minimum Gasteiger partial charge on any atom is -0.459 e. The number of aromatic nitrogens is 1. The lowest BCUT2D eigenvalue weighted by Crippen LogP contribution is -2.60. The fourth-order valence-corrected chi connectivity index (χ4v) is 11.6. The molecule has 72 heavy (non-hydrogen) atoms. The van der Waals surface area contributed by atoms with E-state index in [0.29, 0.717) is 19.4 Å². The SMILES string of the molecule is CCCN(C)[C@H]1C[C@@H](C)O[C@@H](O[C@@H]2[C@@H](C)[C@H](O[C@H]3C[C@@](C)(OC)[C@@H](O)[C@H](C)O3)[C@@H](C)C(=O)O[C@H](CC)[C@@](C)(O)[C@H](O)[C@@H](C)N(C)C[C@H](C)C[C@@]2(C)O)[C@@H]1O.Cc1csc(CCc2ccc(C(F)(F)F)cc2)n1. The van der Waals surface area contributed by atoms with Gasteiger partial charge in [-0.05, 0) is 132 Å². The summed E-state index contributed by atoms with van der Waals surface area (Å²) >= 11 is 1.59. The highest BCUT2D eigenvalue weighted by molar-refractivity contribution is 7.09. The zero-order chi connectivity index (χ0) is 54.3. The van der Waals surface area contributed by atoms with Crippen molar-refractivity contribution in [1.29, 1.82) is 0 Å². The number of thiazole rings is 1. The normalized spacial score (nSPS) is 39.1. The van der Waals surface area contributed by atoms with Gasteiger partial charge in [-0.25, -0.2) is 4.98 Å². The Morgan fingerprint density at radius 2 is 1.58 bits per heavy atom. The second-order valence-electron chi connectivity index (χ2n) is 21.8. The number of aliphatic hydroxyl groups excluding tert-OH is 3. The molecule has 0 spiro atoms. The molecule has 15 nitrogen and oxygen atoms in total. The first-order chi connectivity index (χ1) is 33.4. The van der Waals surface area contributed by atoms with Crippen LogP contribution in [0.2, 0.25) is 0 Å². The van der Waals surface area contributed by atoms with E-state index in [0.717, 1.165) is 47.8 Å². The Kier molecular flexibility index (Phi) is 22.6. The Bertz CT molecular complexity index is 1960. The number of rotatable bonds is 12. The smallest absolute Gasteiger partial charge is 0.416 e. The van der Waals surface area contributed by atoms with E-state index in [4.69, 9.17) is 28.4 Å². The molecule has 0 aliphatic carbocycles. The van der Waals surface area contributed by atoms with Crippen LogP contribution in [0.25, 0.3) is 0 Å². The number of esters is 1. The van der Waals surface area contributed by atoms with Crippen LogP contribution in [0.5, 0.6) is 0 Å². The molecule has 5 N–H and O–H groups in total. The third kappa shape index (κ3) is 15.9. The van der Waals surface area contributed by atoms with Gasteiger partial charge in [0, 0.05) is 55.6 Å². The van der Waals surface area contributed by atoms with Crippen LogP contribution in [0.15, 0.2) is 29.6 Å². The molecule has 3 saturated heterocycles. The van der Waals surface area contributed by atoms with Gasteiger partial charge in [-0.3, -0.25) is 4.79 Å². The number of carbonyl (C=O) groups is 1. The lowest BCUT2D eigenvalue weighted by Gasteiger charge is -2.49. The van der Waals surface area contributed by atoms with Gasteiger partial charge in [-0.1, -0.05) is 39.8 Å². The Hall–Kier alpha value is -2.37. The Morgan fingerprint density at radius 3 is 2.14 bits per heavy atom. The molecule has 3 fully saturated rings. The van der Waals surface area contributed by atoms with Gasteiger partial charge in [0.1, 0.15) is 30.0 Å². The van der Waals surface area contributed by atoms with Crippen LogP contribution < -0.4 is 0 Å². The molecular formula is C53H88F3N3O12S. The molecule has 1 aromatic heterocycles. The van der Waals surface area contributed by atoms with Crippen molar-refractivity contribution in [3.8, 4) is 0 Å². The van der Waals surface area contributed by atoms with Crippen molar-refractivity contribution in [2.45, 2.75) is 225 Å². The highest BCUT2D eigenvalue weighted by Crippen LogP contribution is 2.40. The Morgan fingerprint density at radius 1 is 0.944 bits per heavy atom. The number of likely N-dealkylation sites (N-methyl/N-ethyl adjacent to an activating group) is 2. The molecule has 3 aliphatic heterocycles. The van der Waals surface area contributed by atoms with E-state index in [1.54, 1.807) is 46.0 Å². The minimum atomic E-state index is -4.26. The summed E-state index contributed by atoms with van der Waals surface area (Å²) in [4.78, 5) is 22.6. The first-order valence-corrected chi connectivity index (χ1v) is 26.6. The van der Waals surface area contributed by atoms with Gasteiger partial charge in [0.05, 0.1) is 52.1 Å². The van der Waals surface area contributed by atoms with Crippen LogP contribution in [0.1, 0.15) is 130 Å². The van der Waals surface area contributed by atoms with E-state index < -0.39 is 108 Å². The molecule has 0 saturated carbocycles. The monoisotopic (exact) mass is 1050 g/mol. The predicted octanol–water partition coefficient (Wildman–Crippen LogP) is 6.94. The molecule has 4 heterocycles. The molecular weight excluding hydrogens is 960 g/mol. The van der Waals surface area contributed by atoms with Gasteiger partial charge in [0.2, 0.25) is 0 Å². The molecule has 1 aromatic carbocycles. The molecule has 5 rings (SSSR count). The predicted molar refractivity (Wildman–Crippen MR) is 269 cm³/mol. The average molecular weight is 1050 g/mol. The number of hydrogen-bond donors (Lipinski definition) is 5. The number of alkyl halides is 3. The van der Waals surface area contributed by atoms with Gasteiger partial charge in [0.15, 0.2) is 12.6 Å². The van der Waals surface area contributed by atoms with Crippen LogP contribution >= 0.6 is 11.3 Å². The summed E-state index contributed by atoms with van der Waals surface area (Å²) in [5.74, 6) is -2.58. The first-order valence-electron chi connectivity index (χ1n) is 25.7. The quantitative estimate of drug-likeness (QED) is 0.137. The number of aliphatic hydroxyl groups is 5. The summed E-state index contributed by atoms with van der Waals surface area (Å²) in [5.41, 5.74) is -3.09. The largest absolute Gasteiger partial charge is 0.459 e. The third-order valence-corrected chi connectivity index (χ3v) is 16.3. The summed E-state index contributed by atoms with van der Waals surface area (Å²) < 4.78 is 74.9. The standard InChI is InChI=1S/C40H76N2O12.C13H12F3NS/c1-15-17-41(12)28-18-23(4)50-37(31(28)43)54-35-24(5)32(53-30-20-39(10,49-14)34(45)27(8)51-30)25(6)36(46)52-29(16-2)40(11,48)33(44)26(7)42(13)21-22(3)19-38(35,9)47;1-9-8-18-12(17-9)7-4-10-2-5-11(6-3-10)13(14,15)16/h22-35,37,43-45,47-48H,15-21H2,1-14H3;2-3,5-6,8H,4,7H2,1H3/t22-,23-,24+,25-,26-,27+,28+,29-,30+,31-,32+,33-,34+,35-,37+,38-,39-,40-;/m1./s1. The van der Waals surface area contributed by atoms with Crippen LogP contribution in [0, 0.1) is 24.7 Å². The van der Waals surface area contributed by atoms with E-state index in [1.807, 2.05) is 59.0 Å².